The summed E-state index contributed by atoms with van der Waals surface area (Å²) in [6.45, 7) is 8.81. The van der Waals surface area contributed by atoms with Crippen LogP contribution in [0.4, 0.5) is 0 Å². The van der Waals surface area contributed by atoms with Crippen LogP contribution in [0.2, 0.25) is 5.02 Å². The van der Waals surface area contributed by atoms with Gasteiger partial charge in [0.2, 0.25) is 0 Å². The molecule has 1 unspecified atom stereocenters. The van der Waals surface area contributed by atoms with Crippen LogP contribution in [0.1, 0.15) is 62.8 Å². The van der Waals surface area contributed by atoms with Crippen LogP contribution in [0.15, 0.2) is 6.20 Å². The maximum atomic E-state index is 12.3. The Bertz CT molecular complexity index is 492. The highest BCUT2D eigenvalue weighted by molar-refractivity contribution is 6.33. The van der Waals surface area contributed by atoms with Gasteiger partial charge in [-0.15, -0.1) is 0 Å². The minimum Gasteiger partial charge on any atom is -0.396 e. The third-order valence-corrected chi connectivity index (χ3v) is 3.66. The van der Waals surface area contributed by atoms with Crippen LogP contribution in [-0.4, -0.2) is 34.1 Å². The monoisotopic (exact) mass is 327 g/mol. The van der Waals surface area contributed by atoms with E-state index in [4.69, 9.17) is 16.7 Å². The summed E-state index contributed by atoms with van der Waals surface area (Å²) in [7, 11) is 0. The molecule has 1 atom stereocenters. The Kier molecular flexibility index (Phi) is 7.76. The number of rotatable bonds is 8. The second kappa shape index (κ2) is 9.06. The Labute approximate surface area is 137 Å². The molecule has 22 heavy (non-hydrogen) atoms. The van der Waals surface area contributed by atoms with Gasteiger partial charge in [-0.05, 0) is 24.7 Å². The van der Waals surface area contributed by atoms with E-state index in [1.807, 2.05) is 13.8 Å². The first-order valence-electron chi connectivity index (χ1n) is 7.76. The van der Waals surface area contributed by atoms with E-state index in [0.717, 1.165) is 6.42 Å². The topological polar surface area (TPSA) is 75.1 Å². The summed E-state index contributed by atoms with van der Waals surface area (Å²) < 4.78 is 0. The second-order valence-electron chi connectivity index (χ2n) is 6.30. The van der Waals surface area contributed by atoms with Gasteiger partial charge in [-0.25, -0.2) is 9.97 Å². The Morgan fingerprint density at radius 1 is 1.36 bits per heavy atom. The summed E-state index contributed by atoms with van der Waals surface area (Å²) in [5.41, 5.74) is 0.215. The van der Waals surface area contributed by atoms with Crippen molar-refractivity contribution in [3.05, 3.63) is 22.7 Å². The largest absolute Gasteiger partial charge is 0.396 e. The Morgan fingerprint density at radius 3 is 2.59 bits per heavy atom. The van der Waals surface area contributed by atoms with E-state index < -0.39 is 0 Å². The van der Waals surface area contributed by atoms with Crippen molar-refractivity contribution in [2.45, 2.75) is 46.5 Å². The molecule has 1 rings (SSSR count). The zero-order valence-electron chi connectivity index (χ0n) is 13.8. The predicted octanol–water partition coefficient (Wildman–Crippen LogP) is 3.03. The smallest absolute Gasteiger partial charge is 0.271 e. The average Bonchev–Trinajstić information content (AvgIpc) is 2.44. The first kappa shape index (κ1) is 18.8. The minimum atomic E-state index is -0.291. The molecule has 0 radical (unpaired) electrons. The number of aliphatic hydroxyl groups excluding tert-OH is 1. The quantitative estimate of drug-likeness (QED) is 0.769. The second-order valence-corrected chi connectivity index (χ2v) is 6.70. The van der Waals surface area contributed by atoms with Crippen LogP contribution in [0.3, 0.4) is 0 Å². The van der Waals surface area contributed by atoms with Crippen molar-refractivity contribution in [1.82, 2.24) is 15.3 Å². The summed E-state index contributed by atoms with van der Waals surface area (Å²) in [5, 5.41) is 12.2. The molecular weight excluding hydrogens is 302 g/mol. The van der Waals surface area contributed by atoms with Crippen molar-refractivity contribution in [2.24, 2.45) is 11.8 Å². The molecule has 0 aromatic carbocycles. The number of nitrogens with one attached hydrogen (secondary N) is 1. The number of halogens is 1. The van der Waals surface area contributed by atoms with E-state index in [9.17, 15) is 4.79 Å². The molecule has 0 aliphatic heterocycles. The summed E-state index contributed by atoms with van der Waals surface area (Å²) in [5.74, 6) is 1.21. The van der Waals surface area contributed by atoms with Crippen LogP contribution >= 0.6 is 11.6 Å². The van der Waals surface area contributed by atoms with E-state index in [1.165, 1.54) is 6.20 Å². The molecule has 5 nitrogen and oxygen atoms in total. The maximum Gasteiger partial charge on any atom is 0.271 e. The van der Waals surface area contributed by atoms with E-state index in [1.54, 1.807) is 0 Å². The number of aromatic nitrogens is 2. The van der Waals surface area contributed by atoms with Crippen molar-refractivity contribution in [3.8, 4) is 0 Å². The van der Waals surface area contributed by atoms with Crippen LogP contribution in [-0.2, 0) is 0 Å². The summed E-state index contributed by atoms with van der Waals surface area (Å²) in [4.78, 5) is 20.7. The van der Waals surface area contributed by atoms with Crippen LogP contribution < -0.4 is 5.32 Å². The molecule has 0 bridgehead atoms. The lowest BCUT2D eigenvalue weighted by Crippen LogP contribution is -2.31. The van der Waals surface area contributed by atoms with Crippen molar-refractivity contribution < 1.29 is 9.90 Å². The average molecular weight is 328 g/mol. The molecular formula is C16H26ClN3O2. The highest BCUT2D eigenvalue weighted by Gasteiger charge is 2.17. The molecule has 1 amide bonds. The molecule has 2 N–H and O–H groups in total. The Balaban J connectivity index is 2.73. The first-order chi connectivity index (χ1) is 10.3. The molecule has 0 saturated carbocycles. The van der Waals surface area contributed by atoms with Gasteiger partial charge >= 0.3 is 0 Å². The number of carbonyl (C=O) groups excluding carboxylic acids is 1. The third-order valence-electron chi connectivity index (χ3n) is 3.39. The van der Waals surface area contributed by atoms with Gasteiger partial charge in [0.05, 0.1) is 11.2 Å². The molecule has 124 valence electrons. The number of aliphatic hydroxyl groups is 1. The van der Waals surface area contributed by atoms with Gasteiger partial charge in [-0.1, -0.05) is 39.3 Å². The first-order valence-corrected chi connectivity index (χ1v) is 8.14. The van der Waals surface area contributed by atoms with Gasteiger partial charge in [0.25, 0.3) is 5.91 Å². The molecule has 1 aromatic rings. The van der Waals surface area contributed by atoms with Crippen molar-refractivity contribution >= 4 is 17.5 Å². The normalized spacial score (nSPS) is 12.7. The predicted molar refractivity (Wildman–Crippen MR) is 88.1 cm³/mol. The number of nitrogens with zero attached hydrogens (tertiary/aromatic N) is 2. The van der Waals surface area contributed by atoms with E-state index >= 15 is 0 Å². The Morgan fingerprint density at radius 2 is 2.05 bits per heavy atom. The zero-order chi connectivity index (χ0) is 16.7. The molecule has 0 aliphatic carbocycles. The van der Waals surface area contributed by atoms with Gasteiger partial charge < -0.3 is 10.4 Å². The number of hydrogen-bond acceptors (Lipinski definition) is 4. The fourth-order valence-corrected chi connectivity index (χ4v) is 2.47. The van der Waals surface area contributed by atoms with Gasteiger partial charge in [-0.3, -0.25) is 4.79 Å². The highest BCUT2D eigenvalue weighted by atomic mass is 35.5. The van der Waals surface area contributed by atoms with Crippen LogP contribution in [0.5, 0.6) is 0 Å². The summed E-state index contributed by atoms with van der Waals surface area (Å²) in [6.07, 6.45) is 3.10. The molecule has 1 heterocycles. The number of carbonyl (C=O) groups is 1. The van der Waals surface area contributed by atoms with E-state index in [2.05, 4.69) is 29.1 Å². The summed E-state index contributed by atoms with van der Waals surface area (Å²) in [6, 6.07) is 0. The lowest BCUT2D eigenvalue weighted by molar-refractivity contribution is 0.0936. The van der Waals surface area contributed by atoms with E-state index in [-0.39, 0.29) is 35.1 Å². The van der Waals surface area contributed by atoms with Crippen molar-refractivity contribution in [2.75, 3.05) is 13.2 Å². The van der Waals surface area contributed by atoms with Crippen molar-refractivity contribution in [1.29, 1.82) is 0 Å². The summed E-state index contributed by atoms with van der Waals surface area (Å²) >= 11 is 6.03. The lowest BCUT2D eigenvalue weighted by Gasteiger charge is -2.18. The molecule has 6 heteroatoms. The fraction of sp³-hybridized carbons (Fsp3) is 0.688. The SMILES string of the molecule is CC(C)CC(CCO)CNC(=O)c1nc(C(C)C)ncc1Cl. The van der Waals surface area contributed by atoms with Gasteiger partial charge in [0.1, 0.15) is 11.5 Å². The van der Waals surface area contributed by atoms with Crippen molar-refractivity contribution in [3.63, 3.8) is 0 Å². The number of hydrogen-bond donors (Lipinski definition) is 2. The molecule has 1 aromatic heterocycles. The highest BCUT2D eigenvalue weighted by Crippen LogP contribution is 2.17. The third kappa shape index (κ3) is 5.89. The molecule has 0 saturated heterocycles. The number of amides is 1. The maximum absolute atomic E-state index is 12.3. The molecule has 0 spiro atoms. The molecule has 0 fully saturated rings. The fourth-order valence-electron chi connectivity index (χ4n) is 2.29. The standard InChI is InChI=1S/C16H26ClN3O2/c1-10(2)7-12(5-6-21)8-19-16(22)14-13(17)9-18-15(20-14)11(3)4/h9-12,21H,5-8H2,1-4H3,(H,19,22). The van der Waals surface area contributed by atoms with Crippen LogP contribution in [0, 0.1) is 11.8 Å². The molecule has 0 aliphatic rings. The van der Waals surface area contributed by atoms with Gasteiger partial charge in [0, 0.05) is 19.1 Å². The van der Waals surface area contributed by atoms with E-state index in [0.29, 0.717) is 24.7 Å². The van der Waals surface area contributed by atoms with Gasteiger partial charge in [-0.2, -0.15) is 0 Å². The van der Waals surface area contributed by atoms with Gasteiger partial charge in [0.15, 0.2) is 0 Å². The lowest BCUT2D eigenvalue weighted by atomic mass is 9.94. The zero-order valence-corrected chi connectivity index (χ0v) is 14.5. The van der Waals surface area contributed by atoms with Crippen LogP contribution in [0.25, 0.3) is 0 Å². The minimum absolute atomic E-state index is 0.124. The Hall–Kier alpha value is -1.20.